The third-order valence-corrected chi connectivity index (χ3v) is 7.66. The summed E-state index contributed by atoms with van der Waals surface area (Å²) in [6.45, 7) is 6.79. The Bertz CT molecular complexity index is 1330. The van der Waals surface area contributed by atoms with E-state index in [4.69, 9.17) is 0 Å². The predicted molar refractivity (Wildman–Crippen MR) is 147 cm³/mol. The lowest BCUT2D eigenvalue weighted by molar-refractivity contribution is -0.139. The molecule has 0 saturated heterocycles. The van der Waals surface area contributed by atoms with E-state index >= 15 is 0 Å². The van der Waals surface area contributed by atoms with Crippen LogP contribution in [0, 0.1) is 5.82 Å². The first-order valence-electron chi connectivity index (χ1n) is 12.4. The summed E-state index contributed by atoms with van der Waals surface area (Å²) in [6.07, 6.45) is 0.474. The van der Waals surface area contributed by atoms with Crippen LogP contribution in [-0.4, -0.2) is 49.8 Å². The summed E-state index contributed by atoms with van der Waals surface area (Å²) in [7, 11) is -4.17. The molecular weight excluding hydrogens is 505 g/mol. The highest BCUT2D eigenvalue weighted by Crippen LogP contribution is 2.24. The molecule has 202 valence electrons. The molecule has 0 heterocycles. The van der Waals surface area contributed by atoms with Crippen LogP contribution in [0.1, 0.15) is 33.3 Å². The first-order valence-corrected chi connectivity index (χ1v) is 13.8. The van der Waals surface area contributed by atoms with Crippen molar-refractivity contribution in [2.75, 3.05) is 17.4 Å². The van der Waals surface area contributed by atoms with Crippen LogP contribution in [0.5, 0.6) is 0 Å². The molecule has 0 aromatic heterocycles. The van der Waals surface area contributed by atoms with Gasteiger partial charge in [-0.25, -0.2) is 12.8 Å². The first-order chi connectivity index (χ1) is 17.9. The van der Waals surface area contributed by atoms with E-state index in [-0.39, 0.29) is 23.0 Å². The van der Waals surface area contributed by atoms with E-state index < -0.39 is 39.9 Å². The summed E-state index contributed by atoms with van der Waals surface area (Å²) < 4.78 is 41.9. The van der Waals surface area contributed by atoms with Crippen molar-refractivity contribution in [2.45, 2.75) is 50.6 Å². The van der Waals surface area contributed by atoms with E-state index in [9.17, 15) is 22.4 Å². The van der Waals surface area contributed by atoms with Crippen LogP contribution in [0.4, 0.5) is 10.1 Å². The average Bonchev–Trinajstić information content (AvgIpc) is 2.88. The predicted octanol–water partition coefficient (Wildman–Crippen LogP) is 4.40. The van der Waals surface area contributed by atoms with E-state index in [1.54, 1.807) is 25.1 Å². The number of sulfonamides is 1. The molecule has 0 spiro atoms. The number of nitrogens with one attached hydrogen (secondary N) is 1. The Hall–Kier alpha value is -3.72. The standard InChI is InChI=1S/C29H34FN3O4S/c1-22(28(35)31-29(2,3)4)32(20-19-23-11-7-5-8-12-23)27(34)21-33(25-17-15-24(30)16-18-25)38(36,37)26-13-9-6-10-14-26/h5-18,22H,19-21H2,1-4H3,(H,31,35)/t22-/m1/s1. The fourth-order valence-corrected chi connectivity index (χ4v) is 5.34. The van der Waals surface area contributed by atoms with Crippen molar-refractivity contribution in [3.05, 3.63) is 96.3 Å². The molecule has 3 rings (SSSR count). The number of hydrogen-bond donors (Lipinski definition) is 1. The van der Waals surface area contributed by atoms with Crippen molar-refractivity contribution in [2.24, 2.45) is 0 Å². The maximum absolute atomic E-state index is 13.8. The largest absolute Gasteiger partial charge is 0.350 e. The molecule has 0 saturated carbocycles. The molecule has 9 heteroatoms. The maximum Gasteiger partial charge on any atom is 0.264 e. The summed E-state index contributed by atoms with van der Waals surface area (Å²) in [5.74, 6) is -1.44. The molecule has 0 fully saturated rings. The first kappa shape index (κ1) is 28.8. The van der Waals surface area contributed by atoms with Crippen molar-refractivity contribution < 1.29 is 22.4 Å². The Balaban J connectivity index is 1.96. The fraction of sp³-hybridized carbons (Fsp3) is 0.310. The molecule has 3 aromatic carbocycles. The molecule has 1 N–H and O–H groups in total. The molecule has 0 unspecified atom stereocenters. The van der Waals surface area contributed by atoms with E-state index in [2.05, 4.69) is 5.32 Å². The van der Waals surface area contributed by atoms with Gasteiger partial charge in [-0.2, -0.15) is 0 Å². The van der Waals surface area contributed by atoms with E-state index in [1.165, 1.54) is 29.2 Å². The van der Waals surface area contributed by atoms with Crippen molar-refractivity contribution in [3.63, 3.8) is 0 Å². The van der Waals surface area contributed by atoms with Gasteiger partial charge in [-0.3, -0.25) is 13.9 Å². The number of halogens is 1. The number of anilines is 1. The molecule has 2 amide bonds. The van der Waals surface area contributed by atoms with Gasteiger partial charge in [0.05, 0.1) is 10.6 Å². The highest BCUT2D eigenvalue weighted by Gasteiger charge is 2.33. The second-order valence-corrected chi connectivity index (χ2v) is 11.9. The molecule has 0 bridgehead atoms. The molecule has 0 radical (unpaired) electrons. The van der Waals surface area contributed by atoms with Gasteiger partial charge in [0.1, 0.15) is 18.4 Å². The molecule has 38 heavy (non-hydrogen) atoms. The Morgan fingerprint density at radius 3 is 2.00 bits per heavy atom. The Kier molecular flexibility index (Phi) is 9.27. The molecular formula is C29H34FN3O4S. The van der Waals surface area contributed by atoms with Gasteiger partial charge in [-0.15, -0.1) is 0 Å². The highest BCUT2D eigenvalue weighted by molar-refractivity contribution is 7.92. The van der Waals surface area contributed by atoms with Gasteiger partial charge < -0.3 is 10.2 Å². The second-order valence-electron chi connectivity index (χ2n) is 10.0. The van der Waals surface area contributed by atoms with Crippen LogP contribution in [0.15, 0.2) is 89.8 Å². The average molecular weight is 540 g/mol. The van der Waals surface area contributed by atoms with Crippen LogP contribution in [0.25, 0.3) is 0 Å². The van der Waals surface area contributed by atoms with E-state index in [1.807, 2.05) is 51.1 Å². The number of hydrogen-bond acceptors (Lipinski definition) is 4. The zero-order valence-electron chi connectivity index (χ0n) is 22.1. The number of carbonyl (C=O) groups excluding carboxylic acids is 2. The number of carbonyl (C=O) groups is 2. The molecule has 3 aromatic rings. The van der Waals surface area contributed by atoms with Crippen molar-refractivity contribution in [1.82, 2.24) is 10.2 Å². The van der Waals surface area contributed by atoms with Crippen LogP contribution < -0.4 is 9.62 Å². The SMILES string of the molecule is C[C@H](C(=O)NC(C)(C)C)N(CCc1ccccc1)C(=O)CN(c1ccc(F)cc1)S(=O)(=O)c1ccccc1. The number of rotatable bonds is 10. The molecule has 0 aliphatic rings. The van der Waals surface area contributed by atoms with Gasteiger partial charge in [0.15, 0.2) is 0 Å². The van der Waals surface area contributed by atoms with Gasteiger partial charge in [0, 0.05) is 12.1 Å². The van der Waals surface area contributed by atoms with E-state index in [0.29, 0.717) is 6.42 Å². The normalized spacial score (nSPS) is 12.4. The van der Waals surface area contributed by atoms with Gasteiger partial charge in [0.2, 0.25) is 11.8 Å². The number of benzene rings is 3. The zero-order valence-corrected chi connectivity index (χ0v) is 22.9. The third-order valence-electron chi connectivity index (χ3n) is 5.87. The summed E-state index contributed by atoms with van der Waals surface area (Å²) in [4.78, 5) is 28.2. The lowest BCUT2D eigenvalue weighted by Gasteiger charge is -2.33. The molecule has 7 nitrogen and oxygen atoms in total. The minimum Gasteiger partial charge on any atom is -0.350 e. The van der Waals surface area contributed by atoms with Gasteiger partial charge >= 0.3 is 0 Å². The van der Waals surface area contributed by atoms with Crippen LogP contribution in [0.2, 0.25) is 0 Å². The van der Waals surface area contributed by atoms with E-state index in [0.717, 1.165) is 22.0 Å². The molecule has 0 aliphatic carbocycles. The second kappa shape index (κ2) is 12.2. The summed E-state index contributed by atoms with van der Waals surface area (Å²) in [5.41, 5.74) is 0.593. The van der Waals surface area contributed by atoms with Crippen molar-refractivity contribution >= 4 is 27.5 Å². The summed E-state index contributed by atoms with van der Waals surface area (Å²) in [6, 6.07) is 21.3. The van der Waals surface area contributed by atoms with Gasteiger partial charge in [-0.05, 0) is 76.1 Å². The van der Waals surface area contributed by atoms with Crippen LogP contribution in [-0.2, 0) is 26.0 Å². The van der Waals surface area contributed by atoms with Gasteiger partial charge in [0.25, 0.3) is 10.0 Å². The quantitative estimate of drug-likeness (QED) is 0.414. The lowest BCUT2D eigenvalue weighted by atomic mass is 10.1. The van der Waals surface area contributed by atoms with Crippen LogP contribution >= 0.6 is 0 Å². The lowest BCUT2D eigenvalue weighted by Crippen LogP contribution is -2.55. The minimum absolute atomic E-state index is 0.00788. The highest BCUT2D eigenvalue weighted by atomic mass is 32.2. The monoisotopic (exact) mass is 539 g/mol. The van der Waals surface area contributed by atoms with Gasteiger partial charge in [-0.1, -0.05) is 48.5 Å². The Morgan fingerprint density at radius 1 is 0.895 bits per heavy atom. The van der Waals surface area contributed by atoms with Crippen molar-refractivity contribution in [3.8, 4) is 0 Å². The number of amides is 2. The Morgan fingerprint density at radius 2 is 1.45 bits per heavy atom. The maximum atomic E-state index is 13.8. The minimum atomic E-state index is -4.17. The zero-order chi connectivity index (χ0) is 27.9. The third kappa shape index (κ3) is 7.64. The fourth-order valence-electron chi connectivity index (χ4n) is 3.90. The number of nitrogens with zero attached hydrogens (tertiary/aromatic N) is 2. The summed E-state index contributed by atoms with van der Waals surface area (Å²) >= 11 is 0. The van der Waals surface area contributed by atoms with Crippen molar-refractivity contribution in [1.29, 1.82) is 0 Å². The molecule has 0 aliphatic heterocycles. The smallest absolute Gasteiger partial charge is 0.264 e. The van der Waals surface area contributed by atoms with Crippen LogP contribution in [0.3, 0.4) is 0 Å². The topological polar surface area (TPSA) is 86.8 Å². The Labute approximate surface area is 224 Å². The molecule has 1 atom stereocenters. The summed E-state index contributed by atoms with van der Waals surface area (Å²) in [5, 5.41) is 2.89.